The fraction of sp³-hybridized carbons (Fsp3) is 0.625. The van der Waals surface area contributed by atoms with Crippen molar-refractivity contribution >= 4 is 21.1 Å². The molecule has 0 atom stereocenters. The SMILES string of the molecule is CCC[C@]1(c2ccc(Cl)cc2)CC[C@H]([SiH2]C)CC1. The minimum atomic E-state index is 0.198. The molecule has 0 heterocycles. The Bertz CT molecular complexity index is 363. The lowest BCUT2D eigenvalue weighted by atomic mass is 9.67. The summed E-state index contributed by atoms with van der Waals surface area (Å²) in [6.07, 6.45) is 8.35. The summed E-state index contributed by atoms with van der Waals surface area (Å²) in [6.45, 7) is 4.79. The van der Waals surface area contributed by atoms with Gasteiger partial charge in [0.2, 0.25) is 0 Å². The number of hydrogen-bond donors (Lipinski definition) is 0. The van der Waals surface area contributed by atoms with E-state index in [-0.39, 0.29) is 9.52 Å². The zero-order valence-corrected chi connectivity index (χ0v) is 13.9. The first-order chi connectivity index (χ1) is 8.70. The minimum absolute atomic E-state index is 0.198. The van der Waals surface area contributed by atoms with Gasteiger partial charge in [0.05, 0.1) is 0 Å². The molecule has 0 nitrogen and oxygen atoms in total. The van der Waals surface area contributed by atoms with Gasteiger partial charge in [-0.15, -0.1) is 0 Å². The van der Waals surface area contributed by atoms with E-state index in [9.17, 15) is 0 Å². The van der Waals surface area contributed by atoms with Crippen molar-refractivity contribution in [3.8, 4) is 0 Å². The van der Waals surface area contributed by atoms with E-state index in [1.165, 1.54) is 44.1 Å². The standard InChI is InChI=1S/C16H25ClSi/c1-3-10-16(11-8-15(18-2)9-12-16)13-4-6-14(17)7-5-13/h4-7,15H,3,8-12,18H2,1-2H3/t15-,16-. The fourth-order valence-corrected chi connectivity index (χ4v) is 4.95. The Morgan fingerprint density at radius 3 is 2.33 bits per heavy atom. The molecule has 0 aliphatic heterocycles. The molecule has 0 radical (unpaired) electrons. The molecule has 1 aromatic carbocycles. The quantitative estimate of drug-likeness (QED) is 0.684. The third kappa shape index (κ3) is 3.00. The predicted octanol–water partition coefficient (Wildman–Crippen LogP) is 4.96. The van der Waals surface area contributed by atoms with Crippen LogP contribution in [0.1, 0.15) is 51.0 Å². The van der Waals surface area contributed by atoms with Crippen LogP contribution in [-0.2, 0) is 5.41 Å². The molecule has 1 saturated carbocycles. The molecule has 0 N–H and O–H groups in total. The summed E-state index contributed by atoms with van der Waals surface area (Å²) >= 11 is 6.02. The third-order valence-electron chi connectivity index (χ3n) is 4.82. The van der Waals surface area contributed by atoms with Gasteiger partial charge in [0, 0.05) is 14.5 Å². The van der Waals surface area contributed by atoms with E-state index in [4.69, 9.17) is 11.6 Å². The molecule has 0 aromatic heterocycles. The van der Waals surface area contributed by atoms with Crippen molar-refractivity contribution < 1.29 is 0 Å². The summed E-state index contributed by atoms with van der Waals surface area (Å²) in [5, 5.41) is 0.861. The second kappa shape index (κ2) is 6.25. The van der Waals surface area contributed by atoms with Crippen LogP contribution in [0.5, 0.6) is 0 Å². The highest BCUT2D eigenvalue weighted by molar-refractivity contribution is 6.35. The molecule has 0 saturated heterocycles. The van der Waals surface area contributed by atoms with E-state index in [0.717, 1.165) is 10.6 Å². The smallest absolute Gasteiger partial charge is 0.0406 e. The molecular formula is C16H25ClSi. The highest BCUT2D eigenvalue weighted by atomic mass is 35.5. The zero-order valence-electron chi connectivity index (χ0n) is 11.7. The van der Waals surface area contributed by atoms with Crippen LogP contribution in [0.3, 0.4) is 0 Å². The highest BCUT2D eigenvalue weighted by Gasteiger charge is 2.35. The predicted molar refractivity (Wildman–Crippen MR) is 84.7 cm³/mol. The fourth-order valence-electron chi connectivity index (χ4n) is 3.60. The van der Waals surface area contributed by atoms with Crippen LogP contribution < -0.4 is 0 Å². The van der Waals surface area contributed by atoms with Crippen molar-refractivity contribution in [2.24, 2.45) is 0 Å². The summed E-state index contributed by atoms with van der Waals surface area (Å²) in [6, 6.07) is 8.66. The zero-order chi connectivity index (χ0) is 13.0. The molecule has 100 valence electrons. The van der Waals surface area contributed by atoms with E-state index in [2.05, 4.69) is 37.7 Å². The van der Waals surface area contributed by atoms with Crippen molar-refractivity contribution in [1.29, 1.82) is 0 Å². The average molecular weight is 281 g/mol. The number of hydrogen-bond acceptors (Lipinski definition) is 0. The summed E-state index contributed by atoms with van der Waals surface area (Å²) in [5.74, 6) is 0. The Kier molecular flexibility index (Phi) is 4.91. The van der Waals surface area contributed by atoms with Crippen LogP contribution in [-0.4, -0.2) is 9.52 Å². The second-order valence-electron chi connectivity index (χ2n) is 5.89. The van der Waals surface area contributed by atoms with Crippen LogP contribution in [0.2, 0.25) is 17.1 Å². The largest absolute Gasteiger partial charge is 0.0843 e. The Morgan fingerprint density at radius 1 is 1.22 bits per heavy atom. The number of benzene rings is 1. The monoisotopic (exact) mass is 280 g/mol. The lowest BCUT2D eigenvalue weighted by Crippen LogP contribution is -2.31. The van der Waals surface area contributed by atoms with Crippen LogP contribution >= 0.6 is 11.6 Å². The van der Waals surface area contributed by atoms with Gasteiger partial charge >= 0.3 is 0 Å². The molecule has 1 aromatic rings. The first-order valence-electron chi connectivity index (χ1n) is 7.46. The maximum Gasteiger partial charge on any atom is 0.0406 e. The van der Waals surface area contributed by atoms with Crippen LogP contribution in [0, 0.1) is 0 Å². The van der Waals surface area contributed by atoms with Crippen molar-refractivity contribution in [3.63, 3.8) is 0 Å². The van der Waals surface area contributed by atoms with Gasteiger partial charge in [-0.2, -0.15) is 0 Å². The van der Waals surface area contributed by atoms with E-state index in [1.807, 2.05) is 0 Å². The van der Waals surface area contributed by atoms with Crippen molar-refractivity contribution in [3.05, 3.63) is 34.9 Å². The summed E-state index contributed by atoms with van der Waals surface area (Å²) in [4.78, 5) is 0. The molecule has 0 bridgehead atoms. The van der Waals surface area contributed by atoms with Gasteiger partial charge in [0.15, 0.2) is 0 Å². The average Bonchev–Trinajstić information content (AvgIpc) is 2.40. The van der Waals surface area contributed by atoms with Gasteiger partial charge < -0.3 is 0 Å². The third-order valence-corrected chi connectivity index (χ3v) is 7.05. The topological polar surface area (TPSA) is 0 Å². The lowest BCUT2D eigenvalue weighted by Gasteiger charge is -2.41. The van der Waals surface area contributed by atoms with Crippen molar-refractivity contribution in [2.75, 3.05) is 0 Å². The van der Waals surface area contributed by atoms with Crippen molar-refractivity contribution in [1.82, 2.24) is 0 Å². The van der Waals surface area contributed by atoms with Crippen LogP contribution in [0.4, 0.5) is 0 Å². The van der Waals surface area contributed by atoms with Gasteiger partial charge in [-0.05, 0) is 42.4 Å². The first-order valence-corrected chi connectivity index (χ1v) is 10.1. The summed E-state index contributed by atoms with van der Waals surface area (Å²) in [5.41, 5.74) is 3.09. The van der Waals surface area contributed by atoms with Crippen LogP contribution in [0.25, 0.3) is 0 Å². The molecule has 1 aliphatic rings. The van der Waals surface area contributed by atoms with Gasteiger partial charge in [-0.3, -0.25) is 0 Å². The molecule has 0 amide bonds. The van der Waals surface area contributed by atoms with Gasteiger partial charge in [0.25, 0.3) is 0 Å². The number of rotatable bonds is 4. The molecule has 0 spiro atoms. The van der Waals surface area contributed by atoms with E-state index in [1.54, 1.807) is 0 Å². The molecule has 1 aliphatic carbocycles. The maximum absolute atomic E-state index is 6.02. The van der Waals surface area contributed by atoms with Crippen LogP contribution in [0.15, 0.2) is 24.3 Å². The Morgan fingerprint density at radius 2 is 1.83 bits per heavy atom. The summed E-state index contributed by atoms with van der Waals surface area (Å²) in [7, 11) is 0.198. The molecule has 18 heavy (non-hydrogen) atoms. The van der Waals surface area contributed by atoms with E-state index < -0.39 is 0 Å². The molecule has 0 unspecified atom stereocenters. The lowest BCUT2D eigenvalue weighted by molar-refractivity contribution is 0.271. The highest BCUT2D eigenvalue weighted by Crippen LogP contribution is 2.46. The van der Waals surface area contributed by atoms with Gasteiger partial charge in [-0.1, -0.05) is 62.0 Å². The van der Waals surface area contributed by atoms with Gasteiger partial charge in [0.1, 0.15) is 0 Å². The Hall–Kier alpha value is -0.273. The molecule has 2 heteroatoms. The first kappa shape index (κ1) is 14.1. The summed E-state index contributed by atoms with van der Waals surface area (Å²) < 4.78 is 0. The molecular weight excluding hydrogens is 256 g/mol. The maximum atomic E-state index is 6.02. The molecule has 2 rings (SSSR count). The van der Waals surface area contributed by atoms with Gasteiger partial charge in [-0.25, -0.2) is 0 Å². The minimum Gasteiger partial charge on any atom is -0.0843 e. The van der Waals surface area contributed by atoms with E-state index >= 15 is 0 Å². The van der Waals surface area contributed by atoms with E-state index in [0.29, 0.717) is 5.41 Å². The second-order valence-corrected chi connectivity index (χ2v) is 8.30. The molecule has 1 fully saturated rings. The number of halogens is 1. The normalized spacial score (nSPS) is 28.9. The van der Waals surface area contributed by atoms with Crippen molar-refractivity contribution in [2.45, 2.75) is 63.0 Å². The Labute approximate surface area is 119 Å². The Balaban J connectivity index is 2.19.